The largest absolute Gasteiger partial charge is 0.212 e. The highest BCUT2D eigenvalue weighted by atomic mass is 79.9. The molecule has 114 valence electrons. The van der Waals surface area contributed by atoms with Crippen molar-refractivity contribution in [1.29, 1.82) is 0 Å². The lowest BCUT2D eigenvalue weighted by Gasteiger charge is -2.22. The van der Waals surface area contributed by atoms with Gasteiger partial charge in [0.05, 0.1) is 5.75 Å². The second-order valence-electron chi connectivity index (χ2n) is 5.54. The van der Waals surface area contributed by atoms with Gasteiger partial charge < -0.3 is 0 Å². The Morgan fingerprint density at radius 1 is 1.15 bits per heavy atom. The van der Waals surface area contributed by atoms with Gasteiger partial charge in [0, 0.05) is 11.4 Å². The van der Waals surface area contributed by atoms with Crippen molar-refractivity contribution in [3.05, 3.63) is 35.9 Å². The molecule has 5 heteroatoms. The van der Waals surface area contributed by atoms with E-state index in [2.05, 4.69) is 20.7 Å². The maximum Gasteiger partial charge on any atom is 0.212 e. The van der Waals surface area contributed by atoms with E-state index in [0.29, 0.717) is 0 Å². The van der Waals surface area contributed by atoms with Gasteiger partial charge >= 0.3 is 0 Å². The molecule has 1 rings (SSSR count). The minimum absolute atomic E-state index is 0.00881. The molecule has 1 aromatic rings. The minimum atomic E-state index is -3.27. The van der Waals surface area contributed by atoms with E-state index in [4.69, 9.17) is 0 Å². The Morgan fingerprint density at radius 3 is 2.25 bits per heavy atom. The summed E-state index contributed by atoms with van der Waals surface area (Å²) >= 11 is 3.38. The molecule has 0 aliphatic rings. The smallest absolute Gasteiger partial charge is 0.212 e. The highest BCUT2D eigenvalue weighted by Crippen LogP contribution is 2.17. The van der Waals surface area contributed by atoms with Crippen LogP contribution in [0, 0.1) is 5.92 Å². The fourth-order valence-corrected chi connectivity index (χ4v) is 4.42. The SMILES string of the molecule is CC(CS(=O)(=O)NC(CCBr)C(C)C)c1ccccc1. The number of nitrogens with one attached hydrogen (secondary N) is 1. The van der Waals surface area contributed by atoms with Crippen molar-refractivity contribution in [2.75, 3.05) is 11.1 Å². The average molecular weight is 362 g/mol. The summed E-state index contributed by atoms with van der Waals surface area (Å²) in [7, 11) is -3.27. The van der Waals surface area contributed by atoms with Gasteiger partial charge in [-0.15, -0.1) is 0 Å². The van der Waals surface area contributed by atoms with Crippen molar-refractivity contribution in [3.63, 3.8) is 0 Å². The van der Waals surface area contributed by atoms with E-state index >= 15 is 0 Å². The summed E-state index contributed by atoms with van der Waals surface area (Å²) in [5, 5.41) is 0.798. The van der Waals surface area contributed by atoms with Crippen molar-refractivity contribution in [2.45, 2.75) is 39.2 Å². The monoisotopic (exact) mass is 361 g/mol. The maximum absolute atomic E-state index is 12.3. The Hall–Kier alpha value is -0.390. The van der Waals surface area contributed by atoms with Crippen LogP contribution in [0.1, 0.15) is 38.7 Å². The summed E-state index contributed by atoms with van der Waals surface area (Å²) in [6.45, 7) is 6.02. The van der Waals surface area contributed by atoms with E-state index in [0.717, 1.165) is 17.3 Å². The van der Waals surface area contributed by atoms with Gasteiger partial charge in [-0.25, -0.2) is 13.1 Å². The summed E-state index contributed by atoms with van der Waals surface area (Å²) in [6.07, 6.45) is 0.802. The second kappa shape index (κ2) is 8.15. The van der Waals surface area contributed by atoms with Gasteiger partial charge in [0.2, 0.25) is 10.0 Å². The van der Waals surface area contributed by atoms with E-state index in [9.17, 15) is 8.42 Å². The summed E-state index contributed by atoms with van der Waals surface area (Å²) in [4.78, 5) is 0. The lowest BCUT2D eigenvalue weighted by molar-refractivity contribution is 0.439. The van der Waals surface area contributed by atoms with E-state index in [-0.39, 0.29) is 23.6 Å². The number of rotatable bonds is 8. The molecule has 0 aliphatic heterocycles. The molecule has 0 fully saturated rings. The molecule has 1 aromatic carbocycles. The Kier molecular flexibility index (Phi) is 7.20. The van der Waals surface area contributed by atoms with Gasteiger partial charge in [-0.3, -0.25) is 0 Å². The Bertz CT molecular complexity index is 488. The lowest BCUT2D eigenvalue weighted by atomic mass is 10.0. The fraction of sp³-hybridized carbons (Fsp3) is 0.600. The molecule has 3 nitrogen and oxygen atoms in total. The van der Waals surface area contributed by atoms with Crippen molar-refractivity contribution < 1.29 is 8.42 Å². The summed E-state index contributed by atoms with van der Waals surface area (Å²) < 4.78 is 27.4. The van der Waals surface area contributed by atoms with Crippen LogP contribution in [-0.4, -0.2) is 25.5 Å². The van der Waals surface area contributed by atoms with Crippen molar-refractivity contribution in [3.8, 4) is 0 Å². The van der Waals surface area contributed by atoms with Crippen LogP contribution in [0.25, 0.3) is 0 Å². The van der Waals surface area contributed by atoms with Gasteiger partial charge in [-0.05, 0) is 23.8 Å². The van der Waals surface area contributed by atoms with Crippen molar-refractivity contribution in [2.24, 2.45) is 5.92 Å². The highest BCUT2D eigenvalue weighted by Gasteiger charge is 2.22. The van der Waals surface area contributed by atoms with Crippen LogP contribution < -0.4 is 4.72 Å². The van der Waals surface area contributed by atoms with Crippen LogP contribution >= 0.6 is 15.9 Å². The molecular weight excluding hydrogens is 338 g/mol. The molecule has 20 heavy (non-hydrogen) atoms. The number of hydrogen-bond donors (Lipinski definition) is 1. The van der Waals surface area contributed by atoms with E-state index < -0.39 is 10.0 Å². The zero-order valence-electron chi connectivity index (χ0n) is 12.3. The first-order valence-electron chi connectivity index (χ1n) is 6.96. The zero-order valence-corrected chi connectivity index (χ0v) is 14.7. The second-order valence-corrected chi connectivity index (χ2v) is 8.13. The van der Waals surface area contributed by atoms with Crippen LogP contribution in [0.5, 0.6) is 0 Å². The van der Waals surface area contributed by atoms with Crippen LogP contribution in [-0.2, 0) is 10.0 Å². The third kappa shape index (κ3) is 5.94. The van der Waals surface area contributed by atoms with Crippen LogP contribution in [0.3, 0.4) is 0 Å². The molecule has 0 saturated heterocycles. The molecule has 0 aliphatic carbocycles. The van der Waals surface area contributed by atoms with Crippen LogP contribution in [0.4, 0.5) is 0 Å². The minimum Gasteiger partial charge on any atom is -0.212 e. The van der Waals surface area contributed by atoms with E-state index in [1.165, 1.54) is 0 Å². The first-order valence-corrected chi connectivity index (χ1v) is 9.74. The third-order valence-corrected chi connectivity index (χ3v) is 5.45. The van der Waals surface area contributed by atoms with Crippen molar-refractivity contribution >= 4 is 26.0 Å². The maximum atomic E-state index is 12.3. The standard InChI is InChI=1S/C15H24BrNO2S/c1-12(2)15(9-10-16)17-20(18,19)11-13(3)14-7-5-4-6-8-14/h4-8,12-13,15,17H,9-11H2,1-3H3. The first kappa shape index (κ1) is 17.7. The Balaban J connectivity index is 2.69. The first-order chi connectivity index (χ1) is 9.35. The average Bonchev–Trinajstić information content (AvgIpc) is 2.38. The molecule has 0 aromatic heterocycles. The summed E-state index contributed by atoms with van der Waals surface area (Å²) in [5.74, 6) is 0.405. The van der Waals surface area contributed by atoms with Crippen LogP contribution in [0.15, 0.2) is 30.3 Å². The zero-order chi connectivity index (χ0) is 15.2. The number of hydrogen-bond acceptors (Lipinski definition) is 2. The van der Waals surface area contributed by atoms with E-state index in [1.807, 2.05) is 51.1 Å². The topological polar surface area (TPSA) is 46.2 Å². The van der Waals surface area contributed by atoms with Gasteiger partial charge in [0.1, 0.15) is 0 Å². The predicted molar refractivity (Wildman–Crippen MR) is 88.8 cm³/mol. The molecule has 1 N–H and O–H groups in total. The quantitative estimate of drug-likeness (QED) is 0.720. The molecule has 0 bridgehead atoms. The third-order valence-electron chi connectivity index (χ3n) is 3.39. The number of sulfonamides is 1. The molecular formula is C15H24BrNO2S. The van der Waals surface area contributed by atoms with E-state index in [1.54, 1.807) is 0 Å². The molecule has 0 saturated carbocycles. The normalized spacial score (nSPS) is 15.2. The molecule has 0 amide bonds. The molecule has 2 atom stereocenters. The van der Waals surface area contributed by atoms with Gasteiger partial charge in [0.25, 0.3) is 0 Å². The van der Waals surface area contributed by atoms with Crippen LogP contribution in [0.2, 0.25) is 0 Å². The number of alkyl halides is 1. The number of benzene rings is 1. The summed E-state index contributed by atoms with van der Waals surface area (Å²) in [6, 6.07) is 9.74. The lowest BCUT2D eigenvalue weighted by Crippen LogP contribution is -2.40. The molecule has 2 unspecified atom stereocenters. The van der Waals surface area contributed by atoms with Gasteiger partial charge in [-0.2, -0.15) is 0 Å². The summed E-state index contributed by atoms with van der Waals surface area (Å²) in [5.41, 5.74) is 1.06. The molecule has 0 spiro atoms. The van der Waals surface area contributed by atoms with Gasteiger partial charge in [-0.1, -0.05) is 67.0 Å². The Morgan fingerprint density at radius 2 is 1.75 bits per heavy atom. The predicted octanol–water partition coefficient (Wildman–Crippen LogP) is 3.52. The molecule has 0 heterocycles. The molecule has 0 radical (unpaired) electrons. The fourth-order valence-electron chi connectivity index (χ4n) is 2.13. The number of halogens is 1. The van der Waals surface area contributed by atoms with Gasteiger partial charge in [0.15, 0.2) is 0 Å². The highest BCUT2D eigenvalue weighted by molar-refractivity contribution is 9.09. The van der Waals surface area contributed by atoms with Crippen molar-refractivity contribution in [1.82, 2.24) is 4.72 Å². The Labute approximate surface area is 131 Å².